The third-order valence-corrected chi connectivity index (χ3v) is 4.07. The second-order valence-electron chi connectivity index (χ2n) is 5.18. The number of hydrogen-bond acceptors (Lipinski definition) is 0. The van der Waals surface area contributed by atoms with Gasteiger partial charge in [0.15, 0.2) is 0 Å². The Hall–Kier alpha value is -1.82. The number of hydrogen-bond donors (Lipinski definition) is 0. The molecule has 0 heterocycles. The molecule has 2 atom stereocenters. The summed E-state index contributed by atoms with van der Waals surface area (Å²) < 4.78 is 0. The molecule has 0 saturated heterocycles. The Morgan fingerprint density at radius 1 is 0.706 bits per heavy atom. The van der Waals surface area contributed by atoms with E-state index in [0.717, 1.165) is 0 Å². The van der Waals surface area contributed by atoms with Gasteiger partial charge < -0.3 is 0 Å². The van der Waals surface area contributed by atoms with Crippen LogP contribution in [0.4, 0.5) is 0 Å². The Balaban J connectivity index is 2.01. The minimum Gasteiger partial charge on any atom is -0.0617 e. The van der Waals surface area contributed by atoms with Gasteiger partial charge in [0, 0.05) is 11.8 Å². The quantitative estimate of drug-likeness (QED) is 0.575. The maximum atomic E-state index is 2.33. The molecular formula is C17H14. The van der Waals surface area contributed by atoms with E-state index in [9.17, 15) is 0 Å². The van der Waals surface area contributed by atoms with Crippen molar-refractivity contribution in [3.8, 4) is 0 Å². The van der Waals surface area contributed by atoms with Crippen LogP contribution in [0.5, 0.6) is 0 Å². The maximum absolute atomic E-state index is 2.33. The van der Waals surface area contributed by atoms with E-state index in [-0.39, 0.29) is 0 Å². The highest BCUT2D eigenvalue weighted by Crippen LogP contribution is 2.48. The van der Waals surface area contributed by atoms with Crippen molar-refractivity contribution in [3.05, 3.63) is 82.5 Å². The van der Waals surface area contributed by atoms with Crippen molar-refractivity contribution in [1.82, 2.24) is 0 Å². The lowest BCUT2D eigenvalue weighted by molar-refractivity contribution is 0.562. The average Bonchev–Trinajstić information content (AvgIpc) is 2.35. The largest absolute Gasteiger partial charge is 0.0617 e. The van der Waals surface area contributed by atoms with Gasteiger partial charge in [-0.2, -0.15) is 0 Å². The Morgan fingerprint density at radius 2 is 1.41 bits per heavy atom. The van der Waals surface area contributed by atoms with Gasteiger partial charge in [0.25, 0.3) is 0 Å². The lowest BCUT2D eigenvalue weighted by Crippen LogP contribution is -2.28. The molecule has 17 heavy (non-hydrogen) atoms. The zero-order chi connectivity index (χ0) is 11.4. The van der Waals surface area contributed by atoms with Gasteiger partial charge in [-0.25, -0.2) is 0 Å². The van der Waals surface area contributed by atoms with Crippen LogP contribution >= 0.6 is 0 Å². The predicted octanol–water partition coefficient (Wildman–Crippen LogP) is 4.04. The van der Waals surface area contributed by atoms with Crippen LogP contribution in [-0.2, 0) is 0 Å². The Bertz CT molecular complexity index is 612. The topological polar surface area (TPSA) is 0 Å². The first-order valence-electron chi connectivity index (χ1n) is 6.21. The van der Waals surface area contributed by atoms with Gasteiger partial charge in [-0.05, 0) is 29.2 Å². The van der Waals surface area contributed by atoms with E-state index in [0.29, 0.717) is 11.8 Å². The highest BCUT2D eigenvalue weighted by Gasteiger charge is 2.36. The van der Waals surface area contributed by atoms with Gasteiger partial charge in [0.1, 0.15) is 0 Å². The Morgan fingerprint density at radius 3 is 2.35 bits per heavy atom. The van der Waals surface area contributed by atoms with E-state index in [1.807, 2.05) is 0 Å². The molecule has 0 spiro atoms. The van der Waals surface area contributed by atoms with Crippen LogP contribution in [0.2, 0.25) is 0 Å². The van der Waals surface area contributed by atoms with E-state index in [2.05, 4.69) is 61.6 Å². The molecule has 0 bridgehead atoms. The van der Waals surface area contributed by atoms with Gasteiger partial charge in [-0.15, -0.1) is 0 Å². The third-order valence-electron chi connectivity index (χ3n) is 4.07. The fourth-order valence-electron chi connectivity index (χ4n) is 3.39. The fourth-order valence-corrected chi connectivity index (χ4v) is 3.39. The summed E-state index contributed by atoms with van der Waals surface area (Å²) >= 11 is 0. The smallest absolute Gasteiger partial charge is 0.0199 e. The minimum absolute atomic E-state index is 0.555. The summed E-state index contributed by atoms with van der Waals surface area (Å²) in [4.78, 5) is 0. The molecule has 0 aromatic carbocycles. The van der Waals surface area contributed by atoms with Crippen molar-refractivity contribution in [2.75, 3.05) is 0 Å². The molecule has 0 saturated carbocycles. The van der Waals surface area contributed by atoms with Gasteiger partial charge in [0.2, 0.25) is 0 Å². The highest BCUT2D eigenvalue weighted by atomic mass is 14.4. The molecule has 2 unspecified atom stereocenters. The molecule has 4 rings (SSSR count). The zero-order valence-corrected chi connectivity index (χ0v) is 9.85. The summed E-state index contributed by atoms with van der Waals surface area (Å²) in [6, 6.07) is 0. The lowest BCUT2D eigenvalue weighted by atomic mass is 9.64. The molecule has 0 fully saturated rings. The molecule has 82 valence electrons. The number of allylic oxidation sites excluding steroid dienone is 14. The lowest BCUT2D eigenvalue weighted by Gasteiger charge is -2.39. The fraction of sp³-hybridized carbons (Fsp3) is 0.176. The standard InChI is InChI=1S/C17H14/c1-11-9-14-7-5-12-3-2-4-13-6-8-15(10-11)17(14)16(12)13/h2-10,16-17H,1H3. The van der Waals surface area contributed by atoms with Crippen molar-refractivity contribution in [1.29, 1.82) is 0 Å². The second kappa shape index (κ2) is 3.10. The third kappa shape index (κ3) is 1.18. The molecule has 4 aliphatic rings. The molecule has 0 heteroatoms. The van der Waals surface area contributed by atoms with Gasteiger partial charge >= 0.3 is 0 Å². The van der Waals surface area contributed by atoms with Crippen LogP contribution in [0.15, 0.2) is 82.5 Å². The van der Waals surface area contributed by atoms with Gasteiger partial charge in [-0.1, -0.05) is 60.3 Å². The monoisotopic (exact) mass is 218 g/mol. The second-order valence-corrected chi connectivity index (χ2v) is 5.18. The van der Waals surface area contributed by atoms with E-state index >= 15 is 0 Å². The SMILES string of the molecule is CC1=CC2=CC=C3C=CC=C4C=CC(=C1)C2C43. The predicted molar refractivity (Wildman–Crippen MR) is 71.3 cm³/mol. The average molecular weight is 218 g/mol. The molecule has 0 N–H and O–H groups in total. The van der Waals surface area contributed by atoms with E-state index in [1.54, 1.807) is 0 Å². The van der Waals surface area contributed by atoms with Crippen LogP contribution in [0, 0.1) is 11.8 Å². The summed E-state index contributed by atoms with van der Waals surface area (Å²) in [5, 5.41) is 0. The van der Waals surface area contributed by atoms with Crippen molar-refractivity contribution in [3.63, 3.8) is 0 Å². The molecule has 0 aromatic rings. The molecule has 0 aromatic heterocycles. The van der Waals surface area contributed by atoms with Crippen molar-refractivity contribution >= 4 is 0 Å². The Labute approximate surface area is 102 Å². The van der Waals surface area contributed by atoms with Gasteiger partial charge in [-0.3, -0.25) is 0 Å². The zero-order valence-electron chi connectivity index (χ0n) is 9.85. The van der Waals surface area contributed by atoms with Crippen molar-refractivity contribution < 1.29 is 0 Å². The van der Waals surface area contributed by atoms with Crippen LogP contribution < -0.4 is 0 Å². The van der Waals surface area contributed by atoms with Crippen molar-refractivity contribution in [2.45, 2.75) is 6.92 Å². The summed E-state index contributed by atoms with van der Waals surface area (Å²) in [5.41, 5.74) is 7.22. The molecule has 0 amide bonds. The Kier molecular flexibility index (Phi) is 1.69. The first-order valence-corrected chi connectivity index (χ1v) is 6.21. The van der Waals surface area contributed by atoms with Crippen LogP contribution in [0.1, 0.15) is 6.92 Å². The summed E-state index contributed by atoms with van der Waals surface area (Å²) in [5.74, 6) is 1.11. The van der Waals surface area contributed by atoms with Crippen LogP contribution in [0.3, 0.4) is 0 Å². The molecule has 0 radical (unpaired) electrons. The van der Waals surface area contributed by atoms with Crippen molar-refractivity contribution in [2.24, 2.45) is 11.8 Å². The minimum atomic E-state index is 0.555. The summed E-state index contributed by atoms with van der Waals surface area (Å²) in [7, 11) is 0. The number of rotatable bonds is 0. The van der Waals surface area contributed by atoms with E-state index < -0.39 is 0 Å². The molecule has 0 nitrogen and oxygen atoms in total. The van der Waals surface area contributed by atoms with E-state index in [1.165, 1.54) is 27.9 Å². The first kappa shape index (κ1) is 9.23. The maximum Gasteiger partial charge on any atom is 0.0199 e. The van der Waals surface area contributed by atoms with Crippen LogP contribution in [-0.4, -0.2) is 0 Å². The van der Waals surface area contributed by atoms with Crippen LogP contribution in [0.25, 0.3) is 0 Å². The summed E-state index contributed by atoms with van der Waals surface area (Å²) in [6.07, 6.45) is 20.5. The first-order chi connectivity index (χ1) is 8.33. The normalized spacial score (nSPS) is 31.9. The summed E-state index contributed by atoms with van der Waals surface area (Å²) in [6.45, 7) is 2.18. The van der Waals surface area contributed by atoms with Gasteiger partial charge in [0.05, 0.1) is 0 Å². The highest BCUT2D eigenvalue weighted by molar-refractivity contribution is 5.61. The molecular weight excluding hydrogens is 204 g/mol. The van der Waals surface area contributed by atoms with E-state index in [4.69, 9.17) is 0 Å². The molecule has 0 aliphatic heterocycles. The molecule has 4 aliphatic carbocycles.